The van der Waals surface area contributed by atoms with Crippen molar-refractivity contribution in [1.82, 2.24) is 4.81 Å². The molecule has 3 rings (SSSR count). The summed E-state index contributed by atoms with van der Waals surface area (Å²) >= 11 is 0. The molecule has 0 unspecified atom stereocenters. The van der Waals surface area contributed by atoms with Gasteiger partial charge in [-0.25, -0.2) is 0 Å². The van der Waals surface area contributed by atoms with Crippen LogP contribution >= 0.6 is 0 Å². The maximum Gasteiger partial charge on any atom is 0.702 e. The quantitative estimate of drug-likeness (QED) is 0.720. The third-order valence-corrected chi connectivity index (χ3v) is 4.40. The Morgan fingerprint density at radius 1 is 0.947 bits per heavy atom. The molecule has 0 bridgehead atoms. The highest BCUT2D eigenvalue weighted by Gasteiger charge is 2.53. The van der Waals surface area contributed by atoms with Crippen LogP contribution in [0.25, 0.3) is 0 Å². The summed E-state index contributed by atoms with van der Waals surface area (Å²) in [5.41, 5.74) is 0.183. The van der Waals surface area contributed by atoms with Crippen molar-refractivity contribution in [2.45, 2.75) is 58.0 Å². The molecule has 0 radical (unpaired) electrons. The summed E-state index contributed by atoms with van der Waals surface area (Å²) in [5, 5.41) is 0. The molecule has 2 heterocycles. The Labute approximate surface area is 116 Å². The number of benzene rings is 1. The predicted molar refractivity (Wildman–Crippen MR) is 77.3 cm³/mol. The van der Waals surface area contributed by atoms with Gasteiger partial charge in [-0.2, -0.15) is 0 Å². The van der Waals surface area contributed by atoms with Crippen LogP contribution in [0.5, 0.6) is 11.5 Å². The fourth-order valence-corrected chi connectivity index (χ4v) is 3.58. The van der Waals surface area contributed by atoms with Crippen molar-refractivity contribution < 1.29 is 9.31 Å². The van der Waals surface area contributed by atoms with Crippen LogP contribution in [0.2, 0.25) is 0 Å². The summed E-state index contributed by atoms with van der Waals surface area (Å²) in [6, 6.07) is 7.91. The van der Waals surface area contributed by atoms with Gasteiger partial charge in [0.25, 0.3) is 0 Å². The zero-order valence-electron chi connectivity index (χ0n) is 12.3. The number of nitrogens with zero attached hydrogens (tertiary/aromatic N) is 1. The van der Waals surface area contributed by atoms with E-state index in [-0.39, 0.29) is 18.3 Å². The molecule has 1 saturated heterocycles. The van der Waals surface area contributed by atoms with Crippen molar-refractivity contribution in [3.05, 3.63) is 24.3 Å². The first kappa shape index (κ1) is 12.9. The first-order valence-electron chi connectivity index (χ1n) is 7.12. The standard InChI is InChI=1S/C15H22BNO2/c1-14(2)10-7-11-15(3,4)17(14)16-18-12-8-5-6-9-13(12)19-16/h5-6,8-9H,7,10-11H2,1-4H3. The van der Waals surface area contributed by atoms with E-state index < -0.39 is 0 Å². The van der Waals surface area contributed by atoms with Gasteiger partial charge in [0, 0.05) is 11.1 Å². The molecule has 102 valence electrons. The molecule has 0 aliphatic carbocycles. The molecule has 4 heteroatoms. The average molecular weight is 259 g/mol. The molecule has 3 nitrogen and oxygen atoms in total. The molecule has 0 atom stereocenters. The van der Waals surface area contributed by atoms with Crippen molar-refractivity contribution in [3.63, 3.8) is 0 Å². The highest BCUT2D eigenvalue weighted by molar-refractivity contribution is 6.45. The van der Waals surface area contributed by atoms with E-state index in [9.17, 15) is 0 Å². The second-order valence-corrected chi connectivity index (χ2v) is 6.84. The number of piperidine rings is 1. The Morgan fingerprint density at radius 3 is 1.89 bits per heavy atom. The molecular weight excluding hydrogens is 237 g/mol. The summed E-state index contributed by atoms with van der Waals surface area (Å²) in [5.74, 6) is 1.70. The number of fused-ring (bicyclic) bond motifs is 1. The molecule has 19 heavy (non-hydrogen) atoms. The van der Waals surface area contributed by atoms with Gasteiger partial charge in [-0.3, -0.25) is 4.81 Å². The Morgan fingerprint density at radius 2 is 1.42 bits per heavy atom. The van der Waals surface area contributed by atoms with Crippen LogP contribution in [0.15, 0.2) is 24.3 Å². The average Bonchev–Trinajstić information content (AvgIpc) is 2.68. The largest absolute Gasteiger partial charge is 0.702 e. The number of hydrogen-bond acceptors (Lipinski definition) is 3. The first-order valence-corrected chi connectivity index (χ1v) is 7.12. The lowest BCUT2D eigenvalue weighted by Gasteiger charge is -2.52. The van der Waals surface area contributed by atoms with Gasteiger partial charge in [0.1, 0.15) is 11.5 Å². The van der Waals surface area contributed by atoms with Crippen molar-refractivity contribution in [1.29, 1.82) is 0 Å². The van der Waals surface area contributed by atoms with Crippen molar-refractivity contribution >= 4 is 7.25 Å². The molecule has 1 aromatic rings. The molecule has 2 aliphatic heterocycles. The monoisotopic (exact) mass is 259 g/mol. The van der Waals surface area contributed by atoms with Gasteiger partial charge in [-0.05, 0) is 59.1 Å². The van der Waals surface area contributed by atoms with Gasteiger partial charge in [-0.15, -0.1) is 0 Å². The van der Waals surface area contributed by atoms with E-state index in [0.29, 0.717) is 0 Å². The van der Waals surface area contributed by atoms with E-state index in [1.807, 2.05) is 24.3 Å². The summed E-state index contributed by atoms with van der Waals surface area (Å²) in [6.07, 6.45) is 3.61. The summed E-state index contributed by atoms with van der Waals surface area (Å²) in [6.45, 7) is 9.13. The van der Waals surface area contributed by atoms with Gasteiger partial charge in [0.05, 0.1) is 0 Å². The molecular formula is C15H22BNO2. The SMILES string of the molecule is CC1(C)CCCC(C)(C)N1B1Oc2ccccc2O1. The van der Waals surface area contributed by atoms with Gasteiger partial charge in [0.2, 0.25) is 0 Å². The zero-order valence-corrected chi connectivity index (χ0v) is 12.3. The minimum absolute atomic E-state index is 0.0917. The second-order valence-electron chi connectivity index (χ2n) is 6.84. The molecule has 0 spiro atoms. The second kappa shape index (κ2) is 4.17. The molecule has 1 aromatic carbocycles. The predicted octanol–water partition coefficient (Wildman–Crippen LogP) is 3.49. The molecule has 0 N–H and O–H groups in total. The molecule has 2 aliphatic rings. The maximum atomic E-state index is 6.02. The minimum Gasteiger partial charge on any atom is -0.509 e. The molecule has 0 saturated carbocycles. The number of para-hydroxylation sites is 2. The zero-order chi connectivity index (χ0) is 13.7. The highest BCUT2D eigenvalue weighted by atomic mass is 16.6. The third-order valence-electron chi connectivity index (χ3n) is 4.40. The number of hydrogen-bond donors (Lipinski definition) is 0. The minimum atomic E-state index is -0.303. The number of rotatable bonds is 1. The van der Waals surface area contributed by atoms with E-state index >= 15 is 0 Å². The van der Waals surface area contributed by atoms with Crippen LogP contribution in [-0.2, 0) is 0 Å². The highest BCUT2D eigenvalue weighted by Crippen LogP contribution is 2.42. The Balaban J connectivity index is 1.90. The lowest BCUT2D eigenvalue weighted by molar-refractivity contribution is 0.0261. The van der Waals surface area contributed by atoms with Crippen LogP contribution < -0.4 is 9.31 Å². The third kappa shape index (κ3) is 2.12. The van der Waals surface area contributed by atoms with E-state index in [0.717, 1.165) is 11.5 Å². The molecule has 0 amide bonds. The fraction of sp³-hybridized carbons (Fsp3) is 0.600. The molecule has 0 aromatic heterocycles. The molecule has 1 fully saturated rings. The van der Waals surface area contributed by atoms with Gasteiger partial charge >= 0.3 is 7.25 Å². The van der Waals surface area contributed by atoms with Gasteiger partial charge in [-0.1, -0.05) is 12.1 Å². The van der Waals surface area contributed by atoms with Crippen LogP contribution in [0, 0.1) is 0 Å². The maximum absolute atomic E-state index is 6.02. The van der Waals surface area contributed by atoms with Crippen LogP contribution in [0.1, 0.15) is 47.0 Å². The topological polar surface area (TPSA) is 21.7 Å². The van der Waals surface area contributed by atoms with Gasteiger partial charge in [0.15, 0.2) is 0 Å². The lowest BCUT2D eigenvalue weighted by Crippen LogP contribution is -2.67. The Hall–Kier alpha value is -1.16. The smallest absolute Gasteiger partial charge is 0.509 e. The van der Waals surface area contributed by atoms with E-state index in [4.69, 9.17) is 9.31 Å². The van der Waals surface area contributed by atoms with E-state index in [2.05, 4.69) is 32.5 Å². The summed E-state index contributed by atoms with van der Waals surface area (Å²) < 4.78 is 12.0. The first-order chi connectivity index (χ1) is 8.90. The van der Waals surface area contributed by atoms with Crippen LogP contribution in [-0.4, -0.2) is 23.1 Å². The van der Waals surface area contributed by atoms with Crippen molar-refractivity contribution in [2.24, 2.45) is 0 Å². The lowest BCUT2D eigenvalue weighted by atomic mass is 9.73. The summed E-state index contributed by atoms with van der Waals surface area (Å²) in [4.78, 5) is 2.39. The van der Waals surface area contributed by atoms with Crippen LogP contribution in [0.3, 0.4) is 0 Å². The van der Waals surface area contributed by atoms with Crippen molar-refractivity contribution in [2.75, 3.05) is 0 Å². The Kier molecular flexibility index (Phi) is 2.82. The van der Waals surface area contributed by atoms with E-state index in [1.54, 1.807) is 0 Å². The normalized spacial score (nSPS) is 24.5. The van der Waals surface area contributed by atoms with Crippen molar-refractivity contribution in [3.8, 4) is 11.5 Å². The van der Waals surface area contributed by atoms with Crippen LogP contribution in [0.4, 0.5) is 0 Å². The van der Waals surface area contributed by atoms with Gasteiger partial charge < -0.3 is 9.31 Å². The Bertz CT molecular complexity index is 446. The fourth-order valence-electron chi connectivity index (χ4n) is 3.58. The summed E-state index contributed by atoms with van der Waals surface area (Å²) in [7, 11) is -0.303. The van der Waals surface area contributed by atoms with E-state index in [1.165, 1.54) is 19.3 Å².